The molecule has 0 bridgehead atoms. The first kappa shape index (κ1) is 9.81. The average molecular weight is 205 g/mol. The number of rotatable bonds is 3. The molecule has 3 N–H and O–H groups in total. The minimum absolute atomic E-state index is 0.584. The highest BCUT2D eigenvalue weighted by atomic mass is 35.5. The first-order chi connectivity index (χ1) is 5.74. The van der Waals surface area contributed by atoms with E-state index >= 15 is 0 Å². The lowest BCUT2D eigenvalue weighted by molar-refractivity contribution is 0.728. The third-order valence-corrected chi connectivity index (χ3v) is 2.28. The van der Waals surface area contributed by atoms with Gasteiger partial charge in [-0.15, -0.1) is 0 Å². The van der Waals surface area contributed by atoms with Crippen molar-refractivity contribution in [2.24, 2.45) is 5.84 Å². The van der Waals surface area contributed by atoms with Crippen LogP contribution in [0.5, 0.6) is 0 Å². The molecule has 0 heterocycles. The van der Waals surface area contributed by atoms with Crippen molar-refractivity contribution in [2.75, 3.05) is 6.54 Å². The summed E-state index contributed by atoms with van der Waals surface area (Å²) < 4.78 is 0. The minimum Gasteiger partial charge on any atom is -0.271 e. The first-order valence-corrected chi connectivity index (χ1v) is 4.37. The second-order valence-corrected chi connectivity index (χ2v) is 3.27. The van der Waals surface area contributed by atoms with E-state index in [0.29, 0.717) is 10.0 Å². The van der Waals surface area contributed by atoms with Crippen LogP contribution in [0.2, 0.25) is 10.0 Å². The highest BCUT2D eigenvalue weighted by molar-refractivity contribution is 6.42. The van der Waals surface area contributed by atoms with Crippen molar-refractivity contribution in [1.82, 2.24) is 5.43 Å². The zero-order valence-electron chi connectivity index (χ0n) is 6.48. The van der Waals surface area contributed by atoms with Crippen LogP contribution in [0.15, 0.2) is 18.2 Å². The highest BCUT2D eigenvalue weighted by Gasteiger charge is 1.98. The smallest absolute Gasteiger partial charge is 0.0595 e. The molecule has 0 aliphatic rings. The standard InChI is InChI=1S/C8H10Cl2N2/c9-7-2-1-6(3-4-12-11)5-8(7)10/h1-2,5,12H,3-4,11H2. The predicted octanol–water partition coefficient (Wildman–Crippen LogP) is 2.00. The van der Waals surface area contributed by atoms with E-state index in [4.69, 9.17) is 29.0 Å². The van der Waals surface area contributed by atoms with Gasteiger partial charge in [-0.05, 0) is 24.1 Å². The molecule has 2 nitrogen and oxygen atoms in total. The third-order valence-electron chi connectivity index (χ3n) is 1.54. The van der Waals surface area contributed by atoms with E-state index in [1.165, 1.54) is 0 Å². The maximum Gasteiger partial charge on any atom is 0.0595 e. The normalized spacial score (nSPS) is 10.2. The van der Waals surface area contributed by atoms with Crippen LogP contribution in [0, 0.1) is 0 Å². The molecule has 0 saturated carbocycles. The van der Waals surface area contributed by atoms with Gasteiger partial charge in [-0.3, -0.25) is 11.3 Å². The Hall–Kier alpha value is -0.280. The lowest BCUT2D eigenvalue weighted by atomic mass is 10.1. The molecule has 12 heavy (non-hydrogen) atoms. The van der Waals surface area contributed by atoms with Crippen LogP contribution in [0.3, 0.4) is 0 Å². The molecule has 1 aromatic rings. The molecule has 1 rings (SSSR count). The van der Waals surface area contributed by atoms with Crippen molar-refractivity contribution >= 4 is 23.2 Å². The Labute approximate surface area is 81.6 Å². The van der Waals surface area contributed by atoms with Crippen molar-refractivity contribution in [3.63, 3.8) is 0 Å². The Kier molecular flexibility index (Phi) is 3.82. The minimum atomic E-state index is 0.584. The summed E-state index contributed by atoms with van der Waals surface area (Å²) in [5, 5.41) is 1.17. The quantitative estimate of drug-likeness (QED) is 0.585. The summed E-state index contributed by atoms with van der Waals surface area (Å²) in [6.45, 7) is 0.734. The molecule has 0 radical (unpaired) electrons. The van der Waals surface area contributed by atoms with Gasteiger partial charge in [-0.1, -0.05) is 29.3 Å². The summed E-state index contributed by atoms with van der Waals surface area (Å²) in [6.07, 6.45) is 0.855. The molecule has 4 heteroatoms. The van der Waals surface area contributed by atoms with Gasteiger partial charge in [-0.25, -0.2) is 0 Å². The largest absolute Gasteiger partial charge is 0.271 e. The molecule has 0 aliphatic carbocycles. The maximum absolute atomic E-state index is 5.81. The van der Waals surface area contributed by atoms with Gasteiger partial charge in [0.05, 0.1) is 10.0 Å². The SMILES string of the molecule is NNCCc1ccc(Cl)c(Cl)c1. The van der Waals surface area contributed by atoms with Gasteiger partial charge in [0.15, 0.2) is 0 Å². The van der Waals surface area contributed by atoms with Crippen LogP contribution in [0.4, 0.5) is 0 Å². The number of hydrogen-bond acceptors (Lipinski definition) is 2. The first-order valence-electron chi connectivity index (χ1n) is 3.61. The lowest BCUT2D eigenvalue weighted by Gasteiger charge is -2.01. The summed E-state index contributed by atoms with van der Waals surface area (Å²) in [5.74, 6) is 5.14. The van der Waals surface area contributed by atoms with E-state index in [2.05, 4.69) is 5.43 Å². The molecule has 0 aliphatic heterocycles. The number of nitrogens with two attached hydrogens (primary N) is 1. The van der Waals surface area contributed by atoms with Crippen LogP contribution in [-0.2, 0) is 6.42 Å². The van der Waals surface area contributed by atoms with Gasteiger partial charge in [-0.2, -0.15) is 0 Å². The third kappa shape index (κ3) is 2.64. The number of halogens is 2. The molecule has 0 saturated heterocycles. The van der Waals surface area contributed by atoms with Gasteiger partial charge >= 0.3 is 0 Å². The molecule has 0 fully saturated rings. The van der Waals surface area contributed by atoms with Crippen LogP contribution >= 0.6 is 23.2 Å². The molecule has 0 amide bonds. The van der Waals surface area contributed by atoms with Crippen molar-refractivity contribution < 1.29 is 0 Å². The van der Waals surface area contributed by atoms with E-state index in [0.717, 1.165) is 18.5 Å². The zero-order valence-corrected chi connectivity index (χ0v) is 7.99. The van der Waals surface area contributed by atoms with Gasteiger partial charge in [0.2, 0.25) is 0 Å². The number of hydrazine groups is 1. The average Bonchev–Trinajstić information content (AvgIpc) is 2.07. The van der Waals surface area contributed by atoms with Gasteiger partial charge in [0, 0.05) is 6.54 Å². The second kappa shape index (κ2) is 4.67. The van der Waals surface area contributed by atoms with Crippen LogP contribution in [0.1, 0.15) is 5.56 Å². The Balaban J connectivity index is 2.69. The van der Waals surface area contributed by atoms with Gasteiger partial charge < -0.3 is 0 Å². The Morgan fingerprint density at radius 2 is 2.00 bits per heavy atom. The summed E-state index contributed by atoms with van der Waals surface area (Å²) in [6, 6.07) is 5.57. The topological polar surface area (TPSA) is 38.0 Å². The predicted molar refractivity (Wildman–Crippen MR) is 52.4 cm³/mol. The monoisotopic (exact) mass is 204 g/mol. The molecular formula is C8H10Cl2N2. The van der Waals surface area contributed by atoms with Crippen LogP contribution in [0.25, 0.3) is 0 Å². The molecule has 0 spiro atoms. The number of hydrogen-bond donors (Lipinski definition) is 2. The zero-order chi connectivity index (χ0) is 8.97. The van der Waals surface area contributed by atoms with E-state index in [1.54, 1.807) is 6.07 Å². The summed E-state index contributed by atoms with van der Waals surface area (Å²) >= 11 is 11.6. The van der Waals surface area contributed by atoms with Crippen LogP contribution < -0.4 is 11.3 Å². The van der Waals surface area contributed by atoms with E-state index in [9.17, 15) is 0 Å². The fourth-order valence-corrected chi connectivity index (χ4v) is 1.23. The Morgan fingerprint density at radius 1 is 1.25 bits per heavy atom. The van der Waals surface area contributed by atoms with Crippen molar-refractivity contribution in [2.45, 2.75) is 6.42 Å². The van der Waals surface area contributed by atoms with Gasteiger partial charge in [0.25, 0.3) is 0 Å². The van der Waals surface area contributed by atoms with E-state index in [-0.39, 0.29) is 0 Å². The lowest BCUT2D eigenvalue weighted by Crippen LogP contribution is -2.24. The van der Waals surface area contributed by atoms with Crippen molar-refractivity contribution in [1.29, 1.82) is 0 Å². The summed E-state index contributed by atoms with van der Waals surface area (Å²) in [7, 11) is 0. The van der Waals surface area contributed by atoms with E-state index in [1.807, 2.05) is 12.1 Å². The molecule has 0 atom stereocenters. The number of benzene rings is 1. The van der Waals surface area contributed by atoms with Crippen LogP contribution in [-0.4, -0.2) is 6.54 Å². The molecule has 0 unspecified atom stereocenters. The second-order valence-electron chi connectivity index (χ2n) is 2.45. The Morgan fingerprint density at radius 3 is 2.58 bits per heavy atom. The number of nitrogens with one attached hydrogen (secondary N) is 1. The Bertz CT molecular complexity index is 263. The van der Waals surface area contributed by atoms with Crippen molar-refractivity contribution in [3.8, 4) is 0 Å². The van der Waals surface area contributed by atoms with E-state index < -0.39 is 0 Å². The summed E-state index contributed by atoms with van der Waals surface area (Å²) in [4.78, 5) is 0. The molecule has 0 aromatic heterocycles. The van der Waals surface area contributed by atoms with Gasteiger partial charge in [0.1, 0.15) is 0 Å². The summed E-state index contributed by atoms with van der Waals surface area (Å²) in [5.41, 5.74) is 3.70. The highest BCUT2D eigenvalue weighted by Crippen LogP contribution is 2.22. The molecule has 1 aromatic carbocycles. The van der Waals surface area contributed by atoms with Crippen molar-refractivity contribution in [3.05, 3.63) is 33.8 Å². The molecular weight excluding hydrogens is 195 g/mol. The fourth-order valence-electron chi connectivity index (χ4n) is 0.912. The maximum atomic E-state index is 5.81. The fraction of sp³-hybridized carbons (Fsp3) is 0.250. The molecule has 66 valence electrons.